The Kier molecular flexibility index (Phi) is 2.00. The summed E-state index contributed by atoms with van der Waals surface area (Å²) in [6, 6.07) is 1.48. The average Bonchev–Trinajstić information content (AvgIpc) is 2.04. The summed E-state index contributed by atoms with van der Waals surface area (Å²) in [4.78, 5) is 10.9. The van der Waals surface area contributed by atoms with Gasteiger partial charge in [-0.25, -0.2) is 5.10 Å². The van der Waals surface area contributed by atoms with Crippen LogP contribution >= 0.6 is 0 Å². The lowest BCUT2D eigenvalue weighted by Crippen LogP contribution is -2.16. The third-order valence-corrected chi connectivity index (χ3v) is 1.27. The van der Waals surface area contributed by atoms with Crippen molar-refractivity contribution in [3.63, 3.8) is 0 Å². The van der Waals surface area contributed by atoms with Crippen LogP contribution in [-0.4, -0.2) is 21.1 Å². The van der Waals surface area contributed by atoms with Gasteiger partial charge >= 0.3 is 0 Å². The van der Waals surface area contributed by atoms with Crippen LogP contribution in [0.15, 0.2) is 22.2 Å². The molecule has 0 aliphatic heterocycles. The van der Waals surface area contributed by atoms with E-state index in [0.717, 1.165) is 0 Å². The van der Waals surface area contributed by atoms with Gasteiger partial charge < -0.3 is 5.21 Å². The van der Waals surface area contributed by atoms with Crippen molar-refractivity contribution in [2.24, 2.45) is 5.16 Å². The lowest BCUT2D eigenvalue weighted by molar-refractivity contribution is 0.319. The van der Waals surface area contributed by atoms with Crippen LogP contribution in [0.2, 0.25) is 0 Å². The monoisotopic (exact) mass is 153 g/mol. The number of aromatic amines is 1. The molecule has 0 bridgehead atoms. The van der Waals surface area contributed by atoms with Crippen molar-refractivity contribution >= 4 is 5.71 Å². The maximum Gasteiger partial charge on any atom is 0.273 e. The SMILES string of the molecule is CC(=NO)c1ccn[nH]c1=O. The van der Waals surface area contributed by atoms with E-state index in [-0.39, 0.29) is 11.3 Å². The van der Waals surface area contributed by atoms with Crippen LogP contribution in [0.5, 0.6) is 0 Å². The molecule has 11 heavy (non-hydrogen) atoms. The first-order valence-corrected chi connectivity index (χ1v) is 2.98. The molecule has 0 unspecified atom stereocenters. The van der Waals surface area contributed by atoms with E-state index in [1.165, 1.54) is 19.2 Å². The minimum absolute atomic E-state index is 0.272. The van der Waals surface area contributed by atoms with Gasteiger partial charge in [-0.2, -0.15) is 5.10 Å². The van der Waals surface area contributed by atoms with Crippen molar-refractivity contribution in [3.05, 3.63) is 28.2 Å². The van der Waals surface area contributed by atoms with Crippen molar-refractivity contribution in [2.45, 2.75) is 6.92 Å². The van der Waals surface area contributed by atoms with E-state index in [9.17, 15) is 4.79 Å². The zero-order valence-corrected chi connectivity index (χ0v) is 5.90. The Morgan fingerprint density at radius 1 is 1.82 bits per heavy atom. The first-order chi connectivity index (χ1) is 5.25. The Labute approximate surface area is 62.4 Å². The molecule has 0 saturated heterocycles. The molecule has 0 saturated carbocycles. The highest BCUT2D eigenvalue weighted by Gasteiger charge is 2.01. The van der Waals surface area contributed by atoms with Crippen molar-refractivity contribution in [3.8, 4) is 0 Å². The number of oxime groups is 1. The fourth-order valence-electron chi connectivity index (χ4n) is 0.682. The third kappa shape index (κ3) is 1.43. The van der Waals surface area contributed by atoms with Gasteiger partial charge in [-0.15, -0.1) is 0 Å². The number of hydrogen-bond donors (Lipinski definition) is 2. The molecule has 1 heterocycles. The molecule has 0 atom stereocenters. The van der Waals surface area contributed by atoms with Crippen molar-refractivity contribution < 1.29 is 5.21 Å². The highest BCUT2D eigenvalue weighted by atomic mass is 16.4. The maximum absolute atomic E-state index is 10.9. The quantitative estimate of drug-likeness (QED) is 0.338. The lowest BCUT2D eigenvalue weighted by atomic mass is 10.2. The molecule has 0 aliphatic carbocycles. The lowest BCUT2D eigenvalue weighted by Gasteiger charge is -1.93. The molecule has 0 amide bonds. The largest absolute Gasteiger partial charge is 0.411 e. The number of hydrogen-bond acceptors (Lipinski definition) is 4. The smallest absolute Gasteiger partial charge is 0.273 e. The molecular formula is C6H7N3O2. The number of nitrogens with one attached hydrogen (secondary N) is 1. The van der Waals surface area contributed by atoms with Gasteiger partial charge in [0.2, 0.25) is 0 Å². The highest BCUT2D eigenvalue weighted by Crippen LogP contribution is 1.89. The van der Waals surface area contributed by atoms with Gasteiger partial charge in [-0.1, -0.05) is 5.16 Å². The van der Waals surface area contributed by atoms with Crippen LogP contribution < -0.4 is 5.56 Å². The summed E-state index contributed by atoms with van der Waals surface area (Å²) in [5.74, 6) is 0. The van der Waals surface area contributed by atoms with Crippen LogP contribution in [0, 0.1) is 0 Å². The summed E-state index contributed by atoms with van der Waals surface area (Å²) in [5, 5.41) is 16.9. The standard InChI is InChI=1S/C6H7N3O2/c1-4(9-11)5-2-3-7-8-6(5)10/h2-3,11H,1H3,(H,8,10). The van der Waals surface area contributed by atoms with E-state index in [1.807, 2.05) is 0 Å². The number of nitrogens with zero attached hydrogens (tertiary/aromatic N) is 2. The summed E-state index contributed by atoms with van der Waals surface area (Å²) >= 11 is 0. The van der Waals surface area contributed by atoms with E-state index in [0.29, 0.717) is 5.56 Å². The molecule has 2 N–H and O–H groups in total. The van der Waals surface area contributed by atoms with Gasteiger partial charge in [0, 0.05) is 6.20 Å². The third-order valence-electron chi connectivity index (χ3n) is 1.27. The maximum atomic E-state index is 10.9. The van der Waals surface area contributed by atoms with Crippen molar-refractivity contribution in [1.82, 2.24) is 10.2 Å². The second kappa shape index (κ2) is 2.96. The number of H-pyrrole nitrogens is 1. The molecule has 0 spiro atoms. The second-order valence-corrected chi connectivity index (χ2v) is 1.98. The minimum Gasteiger partial charge on any atom is -0.411 e. The molecule has 0 fully saturated rings. The van der Waals surface area contributed by atoms with Crippen LogP contribution in [-0.2, 0) is 0 Å². The van der Waals surface area contributed by atoms with Crippen molar-refractivity contribution in [1.29, 1.82) is 0 Å². The summed E-state index contributed by atoms with van der Waals surface area (Å²) in [6.07, 6.45) is 1.42. The predicted octanol–water partition coefficient (Wildman–Crippen LogP) is -0.0319. The van der Waals surface area contributed by atoms with E-state index in [2.05, 4.69) is 15.4 Å². The molecule has 0 aromatic carbocycles. The number of aromatic nitrogens is 2. The van der Waals surface area contributed by atoms with Crippen molar-refractivity contribution in [2.75, 3.05) is 0 Å². The Hall–Kier alpha value is -1.65. The summed E-state index contributed by atoms with van der Waals surface area (Å²) in [5.41, 5.74) is 0.235. The first kappa shape index (κ1) is 7.46. The molecule has 1 aromatic heterocycles. The topological polar surface area (TPSA) is 78.3 Å². The summed E-state index contributed by atoms with van der Waals surface area (Å²) in [6.45, 7) is 1.53. The summed E-state index contributed by atoms with van der Waals surface area (Å²) < 4.78 is 0. The first-order valence-electron chi connectivity index (χ1n) is 2.98. The number of rotatable bonds is 1. The molecule has 5 heteroatoms. The molecule has 1 aromatic rings. The average molecular weight is 153 g/mol. The fraction of sp³-hybridized carbons (Fsp3) is 0.167. The van der Waals surface area contributed by atoms with E-state index < -0.39 is 0 Å². The molecule has 1 rings (SSSR count). The van der Waals surface area contributed by atoms with E-state index in [1.54, 1.807) is 0 Å². The molecular weight excluding hydrogens is 146 g/mol. The van der Waals surface area contributed by atoms with Gasteiger partial charge in [-0.05, 0) is 13.0 Å². The Morgan fingerprint density at radius 3 is 3.09 bits per heavy atom. The minimum atomic E-state index is -0.359. The second-order valence-electron chi connectivity index (χ2n) is 1.98. The van der Waals surface area contributed by atoms with Crippen LogP contribution in [0.4, 0.5) is 0 Å². The van der Waals surface area contributed by atoms with E-state index >= 15 is 0 Å². The molecule has 0 radical (unpaired) electrons. The zero-order valence-electron chi connectivity index (χ0n) is 5.90. The van der Waals surface area contributed by atoms with Gasteiger partial charge in [0.25, 0.3) is 5.56 Å². The summed E-state index contributed by atoms with van der Waals surface area (Å²) in [7, 11) is 0. The predicted molar refractivity (Wildman–Crippen MR) is 38.9 cm³/mol. The van der Waals surface area contributed by atoms with Crippen LogP contribution in [0.25, 0.3) is 0 Å². The zero-order chi connectivity index (χ0) is 8.27. The fourth-order valence-corrected chi connectivity index (χ4v) is 0.682. The Bertz CT molecular complexity index is 329. The Balaban J connectivity index is 3.25. The molecule has 0 aliphatic rings. The molecule has 58 valence electrons. The van der Waals surface area contributed by atoms with Crippen LogP contribution in [0.1, 0.15) is 12.5 Å². The van der Waals surface area contributed by atoms with Gasteiger partial charge in [0.1, 0.15) is 0 Å². The van der Waals surface area contributed by atoms with Gasteiger partial charge in [-0.3, -0.25) is 4.79 Å². The molecule has 5 nitrogen and oxygen atoms in total. The Morgan fingerprint density at radius 2 is 2.55 bits per heavy atom. The van der Waals surface area contributed by atoms with Gasteiger partial charge in [0.05, 0.1) is 11.3 Å². The van der Waals surface area contributed by atoms with E-state index in [4.69, 9.17) is 5.21 Å². The van der Waals surface area contributed by atoms with Crippen LogP contribution in [0.3, 0.4) is 0 Å². The highest BCUT2D eigenvalue weighted by molar-refractivity contribution is 5.97. The van der Waals surface area contributed by atoms with Gasteiger partial charge in [0.15, 0.2) is 0 Å². The normalized spacial score (nSPS) is 11.5.